The summed E-state index contributed by atoms with van der Waals surface area (Å²) in [4.78, 5) is 2.21. The molecule has 0 aliphatic heterocycles. The second-order valence-corrected chi connectivity index (χ2v) is 4.87. The minimum absolute atomic E-state index is 0.230. The smallest absolute Gasteiger partial charge is 0.119 e. The second kappa shape index (κ2) is 8.11. The summed E-state index contributed by atoms with van der Waals surface area (Å²) < 4.78 is 5.62. The Labute approximate surface area is 110 Å². The number of ether oxygens (including phenoxy) is 1. The van der Waals surface area contributed by atoms with E-state index in [9.17, 15) is 5.11 Å². The first-order valence-electron chi connectivity index (χ1n) is 6.70. The van der Waals surface area contributed by atoms with Crippen molar-refractivity contribution in [2.75, 3.05) is 20.2 Å². The van der Waals surface area contributed by atoms with Gasteiger partial charge in [-0.05, 0) is 44.5 Å². The molecular weight excluding hydrogens is 226 g/mol. The first-order valence-corrected chi connectivity index (χ1v) is 6.70. The highest BCUT2D eigenvalue weighted by atomic mass is 16.5. The third kappa shape index (κ3) is 6.03. The fourth-order valence-electron chi connectivity index (χ4n) is 1.75. The Morgan fingerprint density at radius 2 is 2.17 bits per heavy atom. The molecule has 1 aromatic rings. The predicted molar refractivity (Wildman–Crippen MR) is 74.9 cm³/mol. The van der Waals surface area contributed by atoms with Crippen LogP contribution in [0, 0.1) is 0 Å². The van der Waals surface area contributed by atoms with Gasteiger partial charge in [-0.2, -0.15) is 0 Å². The zero-order valence-electron chi connectivity index (χ0n) is 11.7. The zero-order valence-corrected chi connectivity index (χ0v) is 11.7. The van der Waals surface area contributed by atoms with Crippen LogP contribution in [-0.2, 0) is 6.54 Å². The Hall–Kier alpha value is -1.06. The number of aliphatic hydroxyl groups excluding tert-OH is 1. The highest BCUT2D eigenvalue weighted by Crippen LogP contribution is 2.15. The van der Waals surface area contributed by atoms with Crippen LogP contribution in [0.1, 0.15) is 32.3 Å². The molecule has 102 valence electrons. The average molecular weight is 251 g/mol. The van der Waals surface area contributed by atoms with Crippen LogP contribution in [0.3, 0.4) is 0 Å². The van der Waals surface area contributed by atoms with Gasteiger partial charge in [0, 0.05) is 13.1 Å². The number of hydrogen-bond donors (Lipinski definition) is 1. The van der Waals surface area contributed by atoms with Crippen molar-refractivity contribution in [3.8, 4) is 5.75 Å². The van der Waals surface area contributed by atoms with Crippen LogP contribution in [-0.4, -0.2) is 36.3 Å². The van der Waals surface area contributed by atoms with E-state index in [1.807, 2.05) is 19.1 Å². The Morgan fingerprint density at radius 1 is 1.39 bits per heavy atom. The summed E-state index contributed by atoms with van der Waals surface area (Å²) in [5.74, 6) is 0.943. The summed E-state index contributed by atoms with van der Waals surface area (Å²) in [5, 5.41) is 9.26. The van der Waals surface area contributed by atoms with E-state index in [0.29, 0.717) is 0 Å². The van der Waals surface area contributed by atoms with Gasteiger partial charge in [-0.3, -0.25) is 0 Å². The van der Waals surface area contributed by atoms with E-state index in [1.54, 1.807) is 0 Å². The molecule has 3 nitrogen and oxygen atoms in total. The van der Waals surface area contributed by atoms with Crippen molar-refractivity contribution in [3.63, 3.8) is 0 Å². The van der Waals surface area contributed by atoms with Crippen molar-refractivity contribution in [2.45, 2.75) is 39.3 Å². The van der Waals surface area contributed by atoms with Crippen molar-refractivity contribution >= 4 is 0 Å². The number of nitrogens with zero attached hydrogens (tertiary/aromatic N) is 1. The third-order valence-corrected chi connectivity index (χ3v) is 2.75. The summed E-state index contributed by atoms with van der Waals surface area (Å²) in [5.41, 5.74) is 1.25. The highest BCUT2D eigenvalue weighted by Gasteiger charge is 2.03. The Kier molecular flexibility index (Phi) is 6.76. The van der Waals surface area contributed by atoms with Crippen LogP contribution in [0.25, 0.3) is 0 Å². The number of rotatable bonds is 8. The van der Waals surface area contributed by atoms with Gasteiger partial charge >= 0.3 is 0 Å². The summed E-state index contributed by atoms with van der Waals surface area (Å²) in [7, 11) is 2.07. The lowest BCUT2D eigenvalue weighted by molar-refractivity contribution is 0.163. The van der Waals surface area contributed by atoms with E-state index < -0.39 is 0 Å². The van der Waals surface area contributed by atoms with Crippen LogP contribution in [0.5, 0.6) is 5.75 Å². The minimum Gasteiger partial charge on any atom is -0.494 e. The van der Waals surface area contributed by atoms with Gasteiger partial charge in [-0.25, -0.2) is 0 Å². The molecule has 0 bridgehead atoms. The van der Waals surface area contributed by atoms with Crippen molar-refractivity contribution in [1.82, 2.24) is 4.90 Å². The van der Waals surface area contributed by atoms with Crippen LogP contribution >= 0.6 is 0 Å². The molecule has 0 aliphatic carbocycles. The Balaban J connectivity index is 2.45. The van der Waals surface area contributed by atoms with E-state index in [4.69, 9.17) is 4.74 Å². The quantitative estimate of drug-likeness (QED) is 0.771. The van der Waals surface area contributed by atoms with Gasteiger partial charge in [0.15, 0.2) is 0 Å². The number of hydrogen-bond acceptors (Lipinski definition) is 3. The highest BCUT2D eigenvalue weighted by molar-refractivity contribution is 5.28. The van der Waals surface area contributed by atoms with Crippen molar-refractivity contribution in [2.24, 2.45) is 0 Å². The first kappa shape index (κ1) is 15.0. The summed E-state index contributed by atoms with van der Waals surface area (Å²) in [6.45, 7) is 6.48. The molecule has 0 fully saturated rings. The van der Waals surface area contributed by atoms with E-state index in [2.05, 4.69) is 31.0 Å². The number of aliphatic hydroxyl groups is 1. The second-order valence-electron chi connectivity index (χ2n) is 4.87. The average Bonchev–Trinajstić information content (AvgIpc) is 2.34. The first-order chi connectivity index (χ1) is 8.61. The third-order valence-electron chi connectivity index (χ3n) is 2.75. The number of benzene rings is 1. The molecule has 0 aliphatic rings. The SMILES string of the molecule is CCCOc1cccc(CN(C)CCC(C)O)c1. The minimum atomic E-state index is -0.230. The topological polar surface area (TPSA) is 32.7 Å². The maximum Gasteiger partial charge on any atom is 0.119 e. The van der Waals surface area contributed by atoms with E-state index in [1.165, 1.54) is 5.56 Å². The zero-order chi connectivity index (χ0) is 13.4. The molecule has 1 rings (SSSR count). The van der Waals surface area contributed by atoms with Gasteiger partial charge < -0.3 is 14.7 Å². The molecule has 18 heavy (non-hydrogen) atoms. The summed E-state index contributed by atoms with van der Waals surface area (Å²) >= 11 is 0. The molecule has 0 amide bonds. The standard InChI is InChI=1S/C15H25NO2/c1-4-10-18-15-7-5-6-14(11-15)12-16(3)9-8-13(2)17/h5-7,11,13,17H,4,8-10,12H2,1-3H3. The largest absolute Gasteiger partial charge is 0.494 e. The lowest BCUT2D eigenvalue weighted by Gasteiger charge is -2.18. The monoisotopic (exact) mass is 251 g/mol. The molecule has 1 unspecified atom stereocenters. The maximum absolute atomic E-state index is 9.26. The molecule has 0 saturated heterocycles. The molecule has 1 aromatic carbocycles. The maximum atomic E-state index is 9.26. The molecular formula is C15H25NO2. The lowest BCUT2D eigenvalue weighted by atomic mass is 10.2. The van der Waals surface area contributed by atoms with Gasteiger partial charge in [0.05, 0.1) is 12.7 Å². The predicted octanol–water partition coefficient (Wildman–Crippen LogP) is 2.68. The molecule has 0 heterocycles. The van der Waals surface area contributed by atoms with Crippen LogP contribution in [0.4, 0.5) is 0 Å². The van der Waals surface area contributed by atoms with E-state index in [-0.39, 0.29) is 6.10 Å². The van der Waals surface area contributed by atoms with Crippen LogP contribution in [0.15, 0.2) is 24.3 Å². The van der Waals surface area contributed by atoms with Crippen LogP contribution < -0.4 is 4.74 Å². The molecule has 0 saturated carbocycles. The van der Waals surface area contributed by atoms with Gasteiger partial charge in [-0.1, -0.05) is 19.1 Å². The fourth-order valence-corrected chi connectivity index (χ4v) is 1.75. The molecule has 0 aromatic heterocycles. The van der Waals surface area contributed by atoms with Gasteiger partial charge in [0.25, 0.3) is 0 Å². The molecule has 0 radical (unpaired) electrons. The summed E-state index contributed by atoms with van der Waals surface area (Å²) in [6.07, 6.45) is 1.60. The lowest BCUT2D eigenvalue weighted by Crippen LogP contribution is -2.22. The van der Waals surface area contributed by atoms with Crippen molar-refractivity contribution in [1.29, 1.82) is 0 Å². The van der Waals surface area contributed by atoms with Gasteiger partial charge in [-0.15, -0.1) is 0 Å². The van der Waals surface area contributed by atoms with E-state index >= 15 is 0 Å². The Bertz CT molecular complexity index is 339. The van der Waals surface area contributed by atoms with Gasteiger partial charge in [0.2, 0.25) is 0 Å². The van der Waals surface area contributed by atoms with Crippen molar-refractivity contribution < 1.29 is 9.84 Å². The Morgan fingerprint density at radius 3 is 2.83 bits per heavy atom. The molecule has 0 spiro atoms. The van der Waals surface area contributed by atoms with E-state index in [0.717, 1.165) is 38.3 Å². The molecule has 3 heteroatoms. The van der Waals surface area contributed by atoms with Gasteiger partial charge in [0.1, 0.15) is 5.75 Å². The molecule has 1 atom stereocenters. The normalized spacial score (nSPS) is 12.7. The molecule has 1 N–H and O–H groups in total. The summed E-state index contributed by atoms with van der Waals surface area (Å²) in [6, 6.07) is 8.23. The van der Waals surface area contributed by atoms with Crippen molar-refractivity contribution in [3.05, 3.63) is 29.8 Å². The fraction of sp³-hybridized carbons (Fsp3) is 0.600. The van der Waals surface area contributed by atoms with Crippen LogP contribution in [0.2, 0.25) is 0 Å².